The van der Waals surface area contributed by atoms with Crippen LogP contribution in [0.4, 0.5) is 0 Å². The van der Waals surface area contributed by atoms with Crippen molar-refractivity contribution in [3.8, 4) is 11.5 Å². The summed E-state index contributed by atoms with van der Waals surface area (Å²) in [6, 6.07) is 7.71. The number of carbonyl (C=O) groups is 2. The van der Waals surface area contributed by atoms with Crippen LogP contribution in [0.1, 0.15) is 72.9 Å². The van der Waals surface area contributed by atoms with Gasteiger partial charge in [0.05, 0.1) is 46.4 Å². The number of benzene rings is 2. The number of methoxy groups -OCH3 is 2. The summed E-state index contributed by atoms with van der Waals surface area (Å²) >= 11 is 0. The monoisotopic (exact) mass is 554 g/mol. The fourth-order valence-electron chi connectivity index (χ4n) is 5.64. The molecule has 4 rings (SSSR count). The number of aliphatic hydroxyl groups is 2. The summed E-state index contributed by atoms with van der Waals surface area (Å²) in [6.07, 6.45) is 4.10. The molecule has 0 saturated heterocycles. The quantitative estimate of drug-likeness (QED) is 0.450. The van der Waals surface area contributed by atoms with E-state index in [2.05, 4.69) is 12.1 Å². The number of hydrogen-bond acceptors (Lipinski definition) is 8. The summed E-state index contributed by atoms with van der Waals surface area (Å²) in [4.78, 5) is 23.4. The molecule has 0 saturated carbocycles. The van der Waals surface area contributed by atoms with Crippen molar-refractivity contribution in [1.82, 2.24) is 0 Å². The lowest BCUT2D eigenvalue weighted by atomic mass is 9.74. The summed E-state index contributed by atoms with van der Waals surface area (Å²) in [5.74, 6) is 0.973. The van der Waals surface area contributed by atoms with Gasteiger partial charge >= 0.3 is 11.9 Å². The SMILES string of the molecule is CCOC(=O)CC1(O)c2ccc(C)c(OC)c2CCC1O.CCOC(=O)CC1=CCCc2c1ccc(C)c2OC. The Morgan fingerprint density at radius 2 is 1.50 bits per heavy atom. The Bertz CT molecular complexity index is 1250. The van der Waals surface area contributed by atoms with Crippen LogP contribution in [0.2, 0.25) is 0 Å². The molecule has 2 atom stereocenters. The number of hydrogen-bond donors (Lipinski definition) is 2. The number of esters is 2. The Morgan fingerprint density at radius 1 is 0.900 bits per heavy atom. The van der Waals surface area contributed by atoms with Crippen LogP contribution in [0.25, 0.3) is 5.57 Å². The summed E-state index contributed by atoms with van der Waals surface area (Å²) in [5.41, 5.74) is 5.28. The number of ether oxygens (including phenoxy) is 4. The lowest BCUT2D eigenvalue weighted by Crippen LogP contribution is -2.45. The molecule has 2 N–H and O–H groups in total. The molecular formula is C32H42O8. The van der Waals surface area contributed by atoms with Crippen LogP contribution in [0.15, 0.2) is 30.3 Å². The van der Waals surface area contributed by atoms with Gasteiger partial charge in [0.15, 0.2) is 0 Å². The molecule has 2 aromatic rings. The van der Waals surface area contributed by atoms with Gasteiger partial charge in [-0.2, -0.15) is 0 Å². The molecule has 8 nitrogen and oxygen atoms in total. The maximum absolute atomic E-state index is 11.8. The minimum absolute atomic E-state index is 0.166. The number of allylic oxidation sites excluding steroid dienone is 1. The van der Waals surface area contributed by atoms with Crippen molar-refractivity contribution < 1.29 is 38.7 Å². The molecule has 0 aliphatic heterocycles. The topological polar surface area (TPSA) is 112 Å². The number of carbonyl (C=O) groups excluding carboxylic acids is 2. The van der Waals surface area contributed by atoms with Crippen molar-refractivity contribution in [2.75, 3.05) is 27.4 Å². The van der Waals surface area contributed by atoms with Crippen molar-refractivity contribution in [3.63, 3.8) is 0 Å². The van der Waals surface area contributed by atoms with Gasteiger partial charge in [-0.3, -0.25) is 9.59 Å². The van der Waals surface area contributed by atoms with E-state index in [1.54, 1.807) is 27.2 Å². The van der Waals surface area contributed by atoms with Crippen molar-refractivity contribution in [1.29, 1.82) is 0 Å². The molecule has 0 radical (unpaired) electrons. The maximum atomic E-state index is 11.8. The van der Waals surface area contributed by atoms with Gasteiger partial charge in [0.1, 0.15) is 17.1 Å². The predicted molar refractivity (Wildman–Crippen MR) is 152 cm³/mol. The van der Waals surface area contributed by atoms with Crippen LogP contribution in [0, 0.1) is 13.8 Å². The highest BCUT2D eigenvalue weighted by Crippen LogP contribution is 2.43. The first-order valence-electron chi connectivity index (χ1n) is 13.9. The lowest BCUT2D eigenvalue weighted by molar-refractivity contribution is -0.158. The standard InChI is InChI=1S/C16H22O5.C16H20O3/c1-4-21-14(18)9-16(19)12-7-5-10(2)15(20-3)11(12)6-8-13(16)17;1-4-19-15(17)10-12-6-5-7-14-13(12)9-8-11(2)16(14)18-3/h5,7,13,17,19H,4,6,8-9H2,1-3H3;6,8-9H,4-5,7,10H2,1-3H3. The van der Waals surface area contributed by atoms with Crippen LogP contribution < -0.4 is 9.47 Å². The Morgan fingerprint density at radius 3 is 2.12 bits per heavy atom. The fourth-order valence-corrected chi connectivity index (χ4v) is 5.64. The van der Waals surface area contributed by atoms with E-state index in [1.807, 2.05) is 32.9 Å². The van der Waals surface area contributed by atoms with Gasteiger partial charge in [0.25, 0.3) is 0 Å². The molecule has 2 aromatic carbocycles. The van der Waals surface area contributed by atoms with Crippen molar-refractivity contribution in [2.24, 2.45) is 0 Å². The zero-order valence-corrected chi connectivity index (χ0v) is 24.5. The van der Waals surface area contributed by atoms with Crippen LogP contribution >= 0.6 is 0 Å². The highest BCUT2D eigenvalue weighted by Gasteiger charge is 2.45. The van der Waals surface area contributed by atoms with Gasteiger partial charge < -0.3 is 29.2 Å². The second-order valence-corrected chi connectivity index (χ2v) is 10.1. The van der Waals surface area contributed by atoms with Crippen LogP contribution in [0.5, 0.6) is 11.5 Å². The van der Waals surface area contributed by atoms with E-state index >= 15 is 0 Å². The Balaban J connectivity index is 0.000000222. The number of aliphatic hydroxyl groups excluding tert-OH is 1. The molecule has 0 aromatic heterocycles. The highest BCUT2D eigenvalue weighted by atomic mass is 16.5. The first-order chi connectivity index (χ1) is 19.1. The highest BCUT2D eigenvalue weighted by molar-refractivity contribution is 5.87. The third kappa shape index (κ3) is 6.67. The molecule has 0 fully saturated rings. The third-order valence-corrected chi connectivity index (χ3v) is 7.50. The molecular weight excluding hydrogens is 512 g/mol. The van der Waals surface area contributed by atoms with Gasteiger partial charge in [-0.25, -0.2) is 0 Å². The van der Waals surface area contributed by atoms with E-state index in [1.165, 1.54) is 5.56 Å². The van der Waals surface area contributed by atoms with E-state index < -0.39 is 17.7 Å². The summed E-state index contributed by atoms with van der Waals surface area (Å²) in [7, 11) is 3.28. The van der Waals surface area contributed by atoms with Crippen molar-refractivity contribution >= 4 is 17.5 Å². The second-order valence-electron chi connectivity index (χ2n) is 10.1. The number of aryl methyl sites for hydroxylation is 2. The Kier molecular flexibility index (Phi) is 10.8. The summed E-state index contributed by atoms with van der Waals surface area (Å²) < 4.78 is 20.9. The van der Waals surface area contributed by atoms with E-state index in [0.717, 1.165) is 46.4 Å². The predicted octanol–water partition coefficient (Wildman–Crippen LogP) is 4.74. The molecule has 40 heavy (non-hydrogen) atoms. The van der Waals surface area contributed by atoms with Gasteiger partial charge in [-0.05, 0) is 81.2 Å². The smallest absolute Gasteiger partial charge is 0.310 e. The third-order valence-electron chi connectivity index (χ3n) is 7.50. The lowest BCUT2D eigenvalue weighted by Gasteiger charge is -2.38. The zero-order chi connectivity index (χ0) is 29.4. The molecule has 2 unspecified atom stereocenters. The van der Waals surface area contributed by atoms with Gasteiger partial charge in [0, 0.05) is 11.1 Å². The largest absolute Gasteiger partial charge is 0.496 e. The second kappa shape index (κ2) is 13.8. The molecule has 0 bridgehead atoms. The molecule has 0 heterocycles. The van der Waals surface area contributed by atoms with Crippen molar-refractivity contribution in [3.05, 3.63) is 63.7 Å². The molecule has 2 aliphatic rings. The van der Waals surface area contributed by atoms with E-state index in [9.17, 15) is 19.8 Å². The van der Waals surface area contributed by atoms with Crippen LogP contribution in [-0.2, 0) is 37.5 Å². The molecule has 0 spiro atoms. The molecule has 8 heteroatoms. The van der Waals surface area contributed by atoms with E-state index in [4.69, 9.17) is 18.9 Å². The van der Waals surface area contributed by atoms with Crippen LogP contribution in [0.3, 0.4) is 0 Å². The van der Waals surface area contributed by atoms with E-state index in [-0.39, 0.29) is 19.0 Å². The average Bonchev–Trinajstić information content (AvgIpc) is 2.91. The van der Waals surface area contributed by atoms with E-state index in [0.29, 0.717) is 37.2 Å². The zero-order valence-electron chi connectivity index (χ0n) is 24.5. The number of fused-ring (bicyclic) bond motifs is 2. The van der Waals surface area contributed by atoms with Crippen LogP contribution in [-0.4, -0.2) is 55.7 Å². The first-order valence-corrected chi connectivity index (χ1v) is 13.9. The first kappa shape index (κ1) is 31.2. The minimum Gasteiger partial charge on any atom is -0.496 e. The van der Waals surface area contributed by atoms with Gasteiger partial charge in [0.2, 0.25) is 0 Å². The Hall–Kier alpha value is -3.36. The summed E-state index contributed by atoms with van der Waals surface area (Å²) in [5, 5.41) is 21.1. The fraction of sp³-hybridized carbons (Fsp3) is 0.500. The number of rotatable bonds is 8. The van der Waals surface area contributed by atoms with Gasteiger partial charge in [-0.15, -0.1) is 0 Å². The molecule has 2 aliphatic carbocycles. The average molecular weight is 555 g/mol. The molecule has 218 valence electrons. The maximum Gasteiger partial charge on any atom is 0.310 e. The van der Waals surface area contributed by atoms with Crippen molar-refractivity contribution in [2.45, 2.75) is 77.9 Å². The summed E-state index contributed by atoms with van der Waals surface area (Å²) in [6.45, 7) is 8.18. The minimum atomic E-state index is -1.62. The molecule has 0 amide bonds. The normalized spacial score (nSPS) is 19.2. The van der Waals surface area contributed by atoms with Gasteiger partial charge in [-0.1, -0.05) is 30.3 Å². The Labute approximate surface area is 236 Å².